The molecule has 95 heavy (non-hydrogen) atoms. The largest absolute Gasteiger partial charge is 0.480 e. The van der Waals surface area contributed by atoms with Gasteiger partial charge >= 0.3 is 36.2 Å². The van der Waals surface area contributed by atoms with E-state index in [2.05, 4.69) is 16.0 Å². The number of carboxylic acids is 2. The first-order valence-corrected chi connectivity index (χ1v) is 29.6. The average molecular weight is 1430 g/mol. The summed E-state index contributed by atoms with van der Waals surface area (Å²) in [6, 6.07) is 20.7. The SMILES string of the molecule is CC(C)(C)OC(=O)[C@@H]1CCCN1C(=O)Oc1ccc(Cl)cc1C(=O)Nc1ccc([N+](=O)[O-])cc1Cl.CN(CC(=O)O)C(=O)Oc1ccc(Cl)cc1C(=O)Nc1ccc([N+](=O)[O-])cc1Cl.O=C(Nc1ccc([N+](=O)[O-])cc1Cl)c1cc(Cl)ccc1OC(=O)N1CCC[C@H]1C(=O)O. The van der Waals surface area contributed by atoms with Crippen LogP contribution in [0.1, 0.15) is 77.5 Å². The number of benzene rings is 6. The number of likely N-dealkylation sites (tertiary alicyclic amines) is 2. The highest BCUT2D eigenvalue weighted by atomic mass is 35.5. The molecule has 6 aromatic rings. The second-order valence-electron chi connectivity index (χ2n) is 21.0. The normalized spacial score (nSPS) is 13.8. The van der Waals surface area contributed by atoms with Gasteiger partial charge in [-0.2, -0.15) is 0 Å². The quantitative estimate of drug-likeness (QED) is 0.0341. The van der Waals surface area contributed by atoms with E-state index >= 15 is 0 Å². The van der Waals surface area contributed by atoms with E-state index in [0.717, 1.165) is 34.1 Å². The van der Waals surface area contributed by atoms with Gasteiger partial charge in [-0.25, -0.2) is 24.0 Å². The Hall–Kier alpha value is -10.1. The predicted octanol–water partition coefficient (Wildman–Crippen LogP) is 13.3. The molecule has 0 aromatic heterocycles. The highest BCUT2D eigenvalue weighted by Gasteiger charge is 2.39. The summed E-state index contributed by atoms with van der Waals surface area (Å²) in [6.07, 6.45) is -0.896. The first kappa shape index (κ1) is 73.9. The number of hydrogen-bond acceptors (Lipinski definition) is 19. The molecule has 2 saturated heterocycles. The van der Waals surface area contributed by atoms with Crippen molar-refractivity contribution in [1.29, 1.82) is 0 Å². The average Bonchev–Trinajstić information content (AvgIpc) is 1.83. The van der Waals surface area contributed by atoms with Crippen LogP contribution in [-0.4, -0.2) is 138 Å². The van der Waals surface area contributed by atoms with E-state index in [1.165, 1.54) is 96.9 Å². The van der Waals surface area contributed by atoms with Crippen LogP contribution in [-0.2, 0) is 19.1 Å². The molecule has 36 heteroatoms. The van der Waals surface area contributed by atoms with Crippen molar-refractivity contribution in [3.63, 3.8) is 0 Å². The zero-order chi connectivity index (χ0) is 70.3. The Morgan fingerprint density at radius 1 is 0.526 bits per heavy atom. The molecule has 8 rings (SSSR count). The number of non-ortho nitro benzene ring substituents is 3. The zero-order valence-corrected chi connectivity index (χ0v) is 54.1. The van der Waals surface area contributed by atoms with Crippen LogP contribution in [0.2, 0.25) is 30.1 Å². The van der Waals surface area contributed by atoms with Crippen LogP contribution in [0.5, 0.6) is 17.2 Å². The van der Waals surface area contributed by atoms with E-state index in [4.69, 9.17) is 93.7 Å². The Labute approximate surface area is 566 Å². The molecule has 6 aromatic carbocycles. The van der Waals surface area contributed by atoms with Crippen molar-refractivity contribution in [2.24, 2.45) is 0 Å². The van der Waals surface area contributed by atoms with Crippen LogP contribution >= 0.6 is 69.6 Å². The highest BCUT2D eigenvalue weighted by Crippen LogP contribution is 2.34. The lowest BCUT2D eigenvalue weighted by atomic mass is 10.1. The number of carbonyl (C=O) groups excluding carboxylic acids is 7. The van der Waals surface area contributed by atoms with Crippen LogP contribution in [0.15, 0.2) is 109 Å². The fourth-order valence-electron chi connectivity index (χ4n) is 8.62. The van der Waals surface area contributed by atoms with Gasteiger partial charge in [-0.1, -0.05) is 69.6 Å². The van der Waals surface area contributed by atoms with Crippen LogP contribution in [0.4, 0.5) is 48.5 Å². The monoisotopic (exact) mass is 1430 g/mol. The topological polar surface area (TPSA) is 406 Å². The summed E-state index contributed by atoms with van der Waals surface area (Å²) in [7, 11) is 1.21. The van der Waals surface area contributed by atoms with Crippen LogP contribution in [0.3, 0.4) is 0 Å². The van der Waals surface area contributed by atoms with E-state index in [0.29, 0.717) is 25.7 Å². The van der Waals surface area contributed by atoms with E-state index in [9.17, 15) is 78.6 Å². The van der Waals surface area contributed by atoms with Gasteiger partial charge in [0.25, 0.3) is 34.8 Å². The van der Waals surface area contributed by atoms with Crippen molar-refractivity contribution in [3.05, 3.63) is 186 Å². The number of likely N-dealkylation sites (N-methyl/N-ethyl adjacent to an activating group) is 1. The van der Waals surface area contributed by atoms with Crippen molar-refractivity contribution in [2.75, 3.05) is 42.6 Å². The van der Waals surface area contributed by atoms with E-state index < -0.39 is 92.9 Å². The molecule has 2 aliphatic rings. The zero-order valence-electron chi connectivity index (χ0n) is 49.6. The molecule has 0 bridgehead atoms. The molecule has 500 valence electrons. The van der Waals surface area contributed by atoms with Crippen LogP contribution in [0, 0.1) is 30.3 Å². The minimum atomic E-state index is -1.24. The van der Waals surface area contributed by atoms with Gasteiger partial charge in [-0.05, 0) is 119 Å². The van der Waals surface area contributed by atoms with Crippen molar-refractivity contribution >= 4 is 158 Å². The number of rotatable bonds is 16. The third kappa shape index (κ3) is 20.7. The molecule has 0 spiro atoms. The van der Waals surface area contributed by atoms with Gasteiger partial charge in [-0.15, -0.1) is 0 Å². The standard InChI is InChI=1S/C23H23Cl2N3O7.C19H15Cl2N3O7.C17H13Cl2N3O7/c1-23(2,3)35-21(30)18-5-4-10-27(18)22(31)34-19-9-6-13(24)11-15(19)20(29)26-17-8-7-14(28(32)33)12-16(17)25;20-10-3-6-16(31-19(28)23-7-1-2-15(23)18(26)27)12(8-10)17(25)22-14-5-4-11(24(29)30)9-13(14)21;1-21(8-15(23)24)17(26)29-14-5-2-9(18)6-11(14)16(25)20-13-4-3-10(22(27)28)7-12(13)19/h6-9,11-12,18H,4-5,10H2,1-3H3,(H,26,29);3-6,8-9,15H,1-2,7H2,(H,22,25)(H,26,27);2-7H,8H2,1H3,(H,20,25)(H,23,24)/t18-;15-;/m00./s1. The smallest absolute Gasteiger partial charge is 0.416 e. The Balaban J connectivity index is 0.000000227. The third-order valence-electron chi connectivity index (χ3n) is 13.0. The summed E-state index contributed by atoms with van der Waals surface area (Å²) in [4.78, 5) is 144. The maximum absolute atomic E-state index is 12.9. The number of aliphatic carboxylic acids is 2. The summed E-state index contributed by atoms with van der Waals surface area (Å²) in [6.45, 7) is 5.10. The summed E-state index contributed by atoms with van der Waals surface area (Å²) >= 11 is 35.9. The number of nitro groups is 3. The highest BCUT2D eigenvalue weighted by molar-refractivity contribution is 6.36. The molecule has 2 aliphatic heterocycles. The first-order chi connectivity index (χ1) is 44.6. The molecule has 0 aliphatic carbocycles. The molecule has 30 nitrogen and oxygen atoms in total. The number of carboxylic acid groups (broad SMARTS) is 2. The van der Waals surface area contributed by atoms with Crippen molar-refractivity contribution in [3.8, 4) is 17.2 Å². The van der Waals surface area contributed by atoms with Crippen molar-refractivity contribution in [2.45, 2.75) is 64.1 Å². The summed E-state index contributed by atoms with van der Waals surface area (Å²) in [5.74, 6) is -5.53. The maximum atomic E-state index is 12.9. The van der Waals surface area contributed by atoms with Crippen molar-refractivity contribution < 1.29 is 87.1 Å². The second-order valence-corrected chi connectivity index (χ2v) is 23.5. The maximum Gasteiger partial charge on any atom is 0.416 e. The lowest BCUT2D eigenvalue weighted by Gasteiger charge is -2.27. The number of anilines is 3. The number of esters is 1. The molecule has 6 amide bonds. The minimum absolute atomic E-state index is 0.0506. The Kier molecular flexibility index (Phi) is 25.4. The van der Waals surface area contributed by atoms with Gasteiger partial charge in [0.1, 0.15) is 41.5 Å². The van der Waals surface area contributed by atoms with Gasteiger partial charge in [0.15, 0.2) is 0 Å². The fraction of sp³-hybridized carbons (Fsp3) is 0.237. The van der Waals surface area contributed by atoms with E-state index in [1.54, 1.807) is 20.8 Å². The minimum Gasteiger partial charge on any atom is -0.480 e. The Morgan fingerprint density at radius 2 is 0.863 bits per heavy atom. The number of nitrogens with one attached hydrogen (secondary N) is 3. The number of nitro benzene ring substituents is 3. The molecule has 2 atom stereocenters. The lowest BCUT2D eigenvalue weighted by molar-refractivity contribution is -0.385. The Morgan fingerprint density at radius 3 is 1.18 bits per heavy atom. The van der Waals surface area contributed by atoms with E-state index in [-0.39, 0.29) is 111 Å². The molecular weight excluding hydrogens is 1380 g/mol. The van der Waals surface area contributed by atoms with Gasteiger partial charge in [0, 0.05) is 71.6 Å². The summed E-state index contributed by atoms with van der Waals surface area (Å²) < 4.78 is 21.2. The summed E-state index contributed by atoms with van der Waals surface area (Å²) in [5, 5.41) is 58.3. The molecule has 0 radical (unpaired) electrons. The summed E-state index contributed by atoms with van der Waals surface area (Å²) in [5.41, 5.74) is -1.48. The van der Waals surface area contributed by atoms with Crippen LogP contribution < -0.4 is 30.2 Å². The second kappa shape index (κ2) is 32.6. The number of hydrogen-bond donors (Lipinski definition) is 5. The van der Waals surface area contributed by atoms with Crippen molar-refractivity contribution in [1.82, 2.24) is 14.7 Å². The van der Waals surface area contributed by atoms with Gasteiger partial charge in [0.2, 0.25) is 0 Å². The Bertz CT molecular complexity index is 4060. The number of carbonyl (C=O) groups is 9. The third-order valence-corrected chi connectivity index (χ3v) is 14.7. The fourth-order valence-corrected chi connectivity index (χ4v) is 9.80. The predicted molar refractivity (Wildman–Crippen MR) is 344 cm³/mol. The molecule has 2 heterocycles. The van der Waals surface area contributed by atoms with Gasteiger partial charge < -0.3 is 45.1 Å². The number of nitrogens with zero attached hydrogens (tertiary/aromatic N) is 6. The molecular formula is C59H51Cl6N9O21. The number of amides is 6. The lowest BCUT2D eigenvalue weighted by Crippen LogP contribution is -2.44. The van der Waals surface area contributed by atoms with Crippen LogP contribution in [0.25, 0.3) is 0 Å². The van der Waals surface area contributed by atoms with Gasteiger partial charge in [0.05, 0.1) is 63.6 Å². The first-order valence-electron chi connectivity index (χ1n) is 27.3. The molecule has 5 N–H and O–H groups in total. The number of halogens is 6. The molecule has 2 fully saturated rings. The number of ether oxygens (including phenoxy) is 4. The molecule has 0 saturated carbocycles. The molecule has 0 unspecified atom stereocenters. The van der Waals surface area contributed by atoms with E-state index in [1.807, 2.05) is 0 Å². The van der Waals surface area contributed by atoms with Gasteiger partial charge in [-0.3, -0.25) is 64.2 Å².